The fourth-order valence-electron chi connectivity index (χ4n) is 1.96. The minimum atomic E-state index is -0.424. The first kappa shape index (κ1) is 12.0. The molecule has 20 heavy (non-hydrogen) atoms. The van der Waals surface area contributed by atoms with Crippen LogP contribution in [0.1, 0.15) is 0 Å². The number of nitro benzene ring substituents is 1. The first-order chi connectivity index (χ1) is 9.75. The molecular weight excluding hydrogens is 256 g/mol. The standard InChI is InChI=1S/C14H10N4O2/c19-18(20)13-8-4-5-11(9-13)14-15-10-16-17(14)12-6-2-1-3-7-12/h1-10H. The Hall–Kier alpha value is -3.02. The van der Waals surface area contributed by atoms with E-state index in [0.29, 0.717) is 11.4 Å². The molecule has 0 aliphatic heterocycles. The van der Waals surface area contributed by atoms with Gasteiger partial charge < -0.3 is 0 Å². The zero-order valence-corrected chi connectivity index (χ0v) is 10.4. The van der Waals surface area contributed by atoms with Crippen LogP contribution in [0.5, 0.6) is 0 Å². The van der Waals surface area contributed by atoms with E-state index in [9.17, 15) is 10.1 Å². The van der Waals surface area contributed by atoms with Crippen LogP contribution in [-0.2, 0) is 0 Å². The summed E-state index contributed by atoms with van der Waals surface area (Å²) in [4.78, 5) is 14.6. The number of non-ortho nitro benzene ring substituents is 1. The van der Waals surface area contributed by atoms with Crippen LogP contribution < -0.4 is 0 Å². The molecule has 1 aromatic heterocycles. The Morgan fingerprint density at radius 3 is 2.60 bits per heavy atom. The van der Waals surface area contributed by atoms with Gasteiger partial charge >= 0.3 is 0 Å². The SMILES string of the molecule is O=[N+]([O-])c1cccc(-c2ncnn2-c2ccccc2)c1. The van der Waals surface area contributed by atoms with Gasteiger partial charge in [0.1, 0.15) is 6.33 Å². The van der Waals surface area contributed by atoms with Crippen molar-refractivity contribution in [1.29, 1.82) is 0 Å². The summed E-state index contributed by atoms with van der Waals surface area (Å²) in [6, 6.07) is 15.9. The Morgan fingerprint density at radius 2 is 1.85 bits per heavy atom. The topological polar surface area (TPSA) is 73.8 Å². The van der Waals surface area contributed by atoms with Crippen molar-refractivity contribution in [2.75, 3.05) is 0 Å². The van der Waals surface area contributed by atoms with E-state index in [2.05, 4.69) is 10.1 Å². The van der Waals surface area contributed by atoms with Gasteiger partial charge in [0.15, 0.2) is 5.82 Å². The number of hydrogen-bond donors (Lipinski definition) is 0. The highest BCUT2D eigenvalue weighted by atomic mass is 16.6. The summed E-state index contributed by atoms with van der Waals surface area (Å²) in [5, 5.41) is 15.0. The molecule has 3 aromatic rings. The van der Waals surface area contributed by atoms with E-state index in [1.54, 1.807) is 16.8 Å². The minimum absolute atomic E-state index is 0.0325. The molecule has 0 aliphatic rings. The summed E-state index contributed by atoms with van der Waals surface area (Å²) < 4.78 is 1.65. The first-order valence-corrected chi connectivity index (χ1v) is 5.96. The number of hydrogen-bond acceptors (Lipinski definition) is 4. The second kappa shape index (κ2) is 4.93. The van der Waals surface area contributed by atoms with Crippen molar-refractivity contribution in [1.82, 2.24) is 14.8 Å². The molecule has 6 heteroatoms. The third-order valence-electron chi connectivity index (χ3n) is 2.86. The van der Waals surface area contributed by atoms with Gasteiger partial charge in [0.05, 0.1) is 10.6 Å². The molecule has 3 rings (SSSR count). The van der Waals surface area contributed by atoms with Crippen molar-refractivity contribution in [2.45, 2.75) is 0 Å². The van der Waals surface area contributed by atoms with Gasteiger partial charge in [-0.15, -0.1) is 0 Å². The fraction of sp³-hybridized carbons (Fsp3) is 0. The highest BCUT2D eigenvalue weighted by Gasteiger charge is 2.12. The number of aromatic nitrogens is 3. The lowest BCUT2D eigenvalue weighted by Crippen LogP contribution is -1.99. The molecule has 0 bridgehead atoms. The molecule has 0 saturated heterocycles. The first-order valence-electron chi connectivity index (χ1n) is 5.96. The lowest BCUT2D eigenvalue weighted by atomic mass is 10.2. The summed E-state index contributed by atoms with van der Waals surface area (Å²) in [6.45, 7) is 0. The molecule has 1 heterocycles. The molecule has 0 amide bonds. The lowest BCUT2D eigenvalue weighted by Gasteiger charge is -2.05. The second-order valence-corrected chi connectivity index (χ2v) is 4.14. The Morgan fingerprint density at radius 1 is 1.05 bits per heavy atom. The molecule has 98 valence electrons. The molecule has 2 aromatic carbocycles. The molecule has 0 aliphatic carbocycles. The van der Waals surface area contributed by atoms with Crippen molar-refractivity contribution in [3.8, 4) is 17.1 Å². The molecular formula is C14H10N4O2. The van der Waals surface area contributed by atoms with E-state index in [0.717, 1.165) is 5.69 Å². The Kier molecular flexibility index (Phi) is 2.96. The average Bonchev–Trinajstić information content (AvgIpc) is 2.98. The second-order valence-electron chi connectivity index (χ2n) is 4.14. The predicted molar refractivity (Wildman–Crippen MR) is 73.4 cm³/mol. The van der Waals surface area contributed by atoms with Gasteiger partial charge in [0.25, 0.3) is 5.69 Å². The molecule has 0 N–H and O–H groups in total. The van der Waals surface area contributed by atoms with Crippen molar-refractivity contribution >= 4 is 5.69 Å². The minimum Gasteiger partial charge on any atom is -0.258 e. The zero-order valence-electron chi connectivity index (χ0n) is 10.4. The van der Waals surface area contributed by atoms with E-state index < -0.39 is 4.92 Å². The zero-order chi connectivity index (χ0) is 13.9. The number of benzene rings is 2. The quantitative estimate of drug-likeness (QED) is 0.539. The maximum Gasteiger partial charge on any atom is 0.270 e. The number of nitrogens with zero attached hydrogens (tertiary/aromatic N) is 4. The molecule has 0 spiro atoms. The van der Waals surface area contributed by atoms with Gasteiger partial charge in [-0.1, -0.05) is 30.3 Å². The van der Waals surface area contributed by atoms with Crippen molar-refractivity contribution in [3.63, 3.8) is 0 Å². The van der Waals surface area contributed by atoms with Crippen LogP contribution >= 0.6 is 0 Å². The third-order valence-corrected chi connectivity index (χ3v) is 2.86. The Bertz CT molecular complexity index is 753. The maximum atomic E-state index is 10.8. The van der Waals surface area contributed by atoms with Crippen LogP contribution in [0.4, 0.5) is 5.69 Å². The van der Waals surface area contributed by atoms with Crippen LogP contribution in [0.2, 0.25) is 0 Å². The largest absolute Gasteiger partial charge is 0.270 e. The highest BCUT2D eigenvalue weighted by molar-refractivity contribution is 5.61. The Balaban J connectivity index is 2.10. The molecule has 0 radical (unpaired) electrons. The van der Waals surface area contributed by atoms with Crippen LogP contribution in [0.15, 0.2) is 60.9 Å². The highest BCUT2D eigenvalue weighted by Crippen LogP contribution is 2.23. The summed E-state index contributed by atoms with van der Waals surface area (Å²) in [5.74, 6) is 0.569. The normalized spacial score (nSPS) is 10.4. The average molecular weight is 266 g/mol. The molecule has 0 fully saturated rings. The molecule has 6 nitrogen and oxygen atoms in total. The summed E-state index contributed by atoms with van der Waals surface area (Å²) in [7, 11) is 0. The summed E-state index contributed by atoms with van der Waals surface area (Å²) in [6.07, 6.45) is 1.43. The van der Waals surface area contributed by atoms with Crippen molar-refractivity contribution in [2.24, 2.45) is 0 Å². The number of para-hydroxylation sites is 1. The fourth-order valence-corrected chi connectivity index (χ4v) is 1.96. The monoisotopic (exact) mass is 266 g/mol. The predicted octanol–water partition coefficient (Wildman–Crippen LogP) is 2.84. The molecule has 0 atom stereocenters. The van der Waals surface area contributed by atoms with E-state index in [4.69, 9.17) is 0 Å². The van der Waals surface area contributed by atoms with E-state index in [-0.39, 0.29) is 5.69 Å². The van der Waals surface area contributed by atoms with Crippen LogP contribution in [0.3, 0.4) is 0 Å². The van der Waals surface area contributed by atoms with Gasteiger partial charge in [-0.25, -0.2) is 9.67 Å². The van der Waals surface area contributed by atoms with Crippen molar-refractivity contribution < 1.29 is 4.92 Å². The van der Waals surface area contributed by atoms with E-state index in [1.807, 2.05) is 30.3 Å². The van der Waals surface area contributed by atoms with Crippen LogP contribution in [0, 0.1) is 10.1 Å². The maximum absolute atomic E-state index is 10.8. The number of rotatable bonds is 3. The summed E-state index contributed by atoms with van der Waals surface area (Å²) >= 11 is 0. The van der Waals surface area contributed by atoms with Crippen LogP contribution in [-0.4, -0.2) is 19.7 Å². The van der Waals surface area contributed by atoms with Gasteiger partial charge in [-0.2, -0.15) is 5.10 Å². The van der Waals surface area contributed by atoms with E-state index >= 15 is 0 Å². The Labute approximate surface area is 114 Å². The molecule has 0 saturated carbocycles. The van der Waals surface area contributed by atoms with Gasteiger partial charge in [0, 0.05) is 17.7 Å². The van der Waals surface area contributed by atoms with Gasteiger partial charge in [-0.05, 0) is 12.1 Å². The smallest absolute Gasteiger partial charge is 0.258 e. The third kappa shape index (κ3) is 2.14. The summed E-state index contributed by atoms with van der Waals surface area (Å²) in [5.41, 5.74) is 1.54. The molecule has 0 unspecified atom stereocenters. The van der Waals surface area contributed by atoms with E-state index in [1.165, 1.54) is 18.5 Å². The van der Waals surface area contributed by atoms with Gasteiger partial charge in [0.2, 0.25) is 0 Å². The number of nitro groups is 1. The van der Waals surface area contributed by atoms with Gasteiger partial charge in [-0.3, -0.25) is 10.1 Å². The lowest BCUT2D eigenvalue weighted by molar-refractivity contribution is -0.384. The van der Waals surface area contributed by atoms with Crippen LogP contribution in [0.25, 0.3) is 17.1 Å². The van der Waals surface area contributed by atoms with Crippen molar-refractivity contribution in [3.05, 3.63) is 71.0 Å².